The van der Waals surface area contributed by atoms with Crippen LogP contribution in [0.1, 0.15) is 43.9 Å². The molecular weight excluding hydrogens is 434 g/mol. The lowest BCUT2D eigenvalue weighted by molar-refractivity contribution is -0.136. The number of urea groups is 1. The maximum Gasteiger partial charge on any atom is 0.337 e. The summed E-state index contributed by atoms with van der Waals surface area (Å²) in [7, 11) is 1.32. The molecule has 0 radical (unpaired) electrons. The smallest absolute Gasteiger partial charge is 0.337 e. The number of allylic oxidation sites excluding steroid dienone is 1. The number of anilines is 1. The first kappa shape index (κ1) is 25.0. The first-order chi connectivity index (χ1) is 16.4. The fourth-order valence-corrected chi connectivity index (χ4v) is 3.82. The highest BCUT2D eigenvalue weighted by molar-refractivity contribution is 5.95. The van der Waals surface area contributed by atoms with Crippen LogP contribution in [-0.4, -0.2) is 43.1 Å². The van der Waals surface area contributed by atoms with E-state index in [2.05, 4.69) is 10.6 Å². The number of unbranched alkanes of at least 4 members (excludes halogenated alkanes) is 1. The molecule has 3 amide bonds. The quantitative estimate of drug-likeness (QED) is 0.514. The van der Waals surface area contributed by atoms with Gasteiger partial charge in [-0.1, -0.05) is 55.8 Å². The van der Waals surface area contributed by atoms with Crippen molar-refractivity contribution in [3.05, 3.63) is 77.0 Å². The molecule has 0 saturated heterocycles. The van der Waals surface area contributed by atoms with Gasteiger partial charge in [0.15, 0.2) is 0 Å². The van der Waals surface area contributed by atoms with E-state index in [4.69, 9.17) is 9.47 Å². The van der Waals surface area contributed by atoms with E-state index >= 15 is 0 Å². The Bertz CT molecular complexity index is 1050. The number of hydrogen-bond acceptors (Lipinski definition) is 5. The van der Waals surface area contributed by atoms with Crippen molar-refractivity contribution < 1.29 is 23.9 Å². The number of nitrogens with one attached hydrogen (secondary N) is 2. The van der Waals surface area contributed by atoms with Gasteiger partial charge in [0.1, 0.15) is 6.61 Å². The van der Waals surface area contributed by atoms with Crippen molar-refractivity contribution in [1.82, 2.24) is 10.2 Å². The molecule has 34 heavy (non-hydrogen) atoms. The van der Waals surface area contributed by atoms with Gasteiger partial charge in [-0.25, -0.2) is 9.59 Å². The molecule has 180 valence electrons. The molecule has 1 aliphatic rings. The topological polar surface area (TPSA) is 97.0 Å². The van der Waals surface area contributed by atoms with Gasteiger partial charge in [-0.05, 0) is 36.6 Å². The molecule has 0 saturated carbocycles. The standard InChI is InChI=1S/C26H31N3O5/c1-4-5-14-29-18(2)23(25(31)33-3)24(28-26(29)32)20-12-9-13-21(15-20)27-22(30)17-34-16-19-10-7-6-8-11-19/h6-13,15,24H,4-5,14,16-17H2,1-3H3,(H,27,30)(H,28,32). The molecule has 1 atom stereocenters. The van der Waals surface area contributed by atoms with Gasteiger partial charge in [-0.15, -0.1) is 0 Å². The summed E-state index contributed by atoms with van der Waals surface area (Å²) < 4.78 is 10.5. The maximum atomic E-state index is 12.8. The molecule has 3 rings (SSSR count). The highest BCUT2D eigenvalue weighted by Gasteiger charge is 2.36. The Morgan fingerprint density at radius 1 is 1.12 bits per heavy atom. The van der Waals surface area contributed by atoms with E-state index in [0.29, 0.717) is 35.7 Å². The van der Waals surface area contributed by atoms with Gasteiger partial charge in [-0.2, -0.15) is 0 Å². The molecule has 8 nitrogen and oxygen atoms in total. The van der Waals surface area contributed by atoms with E-state index < -0.39 is 12.0 Å². The summed E-state index contributed by atoms with van der Waals surface area (Å²) in [4.78, 5) is 39.4. The summed E-state index contributed by atoms with van der Waals surface area (Å²) in [6.07, 6.45) is 1.74. The van der Waals surface area contributed by atoms with E-state index in [1.54, 1.807) is 36.1 Å². The van der Waals surface area contributed by atoms with Crippen molar-refractivity contribution in [2.24, 2.45) is 0 Å². The number of amides is 3. The molecule has 1 aliphatic heterocycles. The second-order valence-electron chi connectivity index (χ2n) is 8.03. The molecule has 0 fully saturated rings. The van der Waals surface area contributed by atoms with E-state index in [9.17, 15) is 14.4 Å². The van der Waals surface area contributed by atoms with E-state index in [0.717, 1.165) is 18.4 Å². The number of ether oxygens (including phenoxy) is 2. The Labute approximate surface area is 199 Å². The van der Waals surface area contributed by atoms with Crippen LogP contribution in [0.3, 0.4) is 0 Å². The summed E-state index contributed by atoms with van der Waals surface area (Å²) in [5.41, 5.74) is 3.11. The summed E-state index contributed by atoms with van der Waals surface area (Å²) in [6, 6.07) is 15.7. The summed E-state index contributed by atoms with van der Waals surface area (Å²) >= 11 is 0. The van der Waals surface area contributed by atoms with Gasteiger partial charge in [0.05, 0.1) is 25.3 Å². The number of hydrogen-bond donors (Lipinski definition) is 2. The van der Waals surface area contributed by atoms with Crippen molar-refractivity contribution in [3.63, 3.8) is 0 Å². The second kappa shape index (κ2) is 12.0. The lowest BCUT2D eigenvalue weighted by atomic mass is 9.94. The predicted molar refractivity (Wildman–Crippen MR) is 129 cm³/mol. The molecule has 1 heterocycles. The molecule has 0 aliphatic carbocycles. The summed E-state index contributed by atoms with van der Waals surface area (Å²) in [5, 5.41) is 5.72. The van der Waals surface area contributed by atoms with Gasteiger partial charge >= 0.3 is 12.0 Å². The molecule has 2 N–H and O–H groups in total. The Balaban J connectivity index is 1.73. The molecular formula is C26H31N3O5. The largest absolute Gasteiger partial charge is 0.466 e. The monoisotopic (exact) mass is 465 g/mol. The van der Waals surface area contributed by atoms with Crippen molar-refractivity contribution in [2.45, 2.75) is 39.3 Å². The fourth-order valence-electron chi connectivity index (χ4n) is 3.82. The number of nitrogens with zero attached hydrogens (tertiary/aromatic N) is 1. The lowest BCUT2D eigenvalue weighted by Crippen LogP contribution is -2.48. The summed E-state index contributed by atoms with van der Waals surface area (Å²) in [6.45, 7) is 4.54. The number of carbonyl (C=O) groups excluding carboxylic acids is 3. The Morgan fingerprint density at radius 3 is 2.59 bits per heavy atom. The Morgan fingerprint density at radius 2 is 1.88 bits per heavy atom. The molecule has 0 bridgehead atoms. The van der Waals surface area contributed by atoms with Gasteiger partial charge < -0.3 is 20.1 Å². The van der Waals surface area contributed by atoms with E-state index in [-0.39, 0.29) is 18.5 Å². The maximum absolute atomic E-state index is 12.8. The van der Waals surface area contributed by atoms with Crippen LogP contribution in [0.15, 0.2) is 65.9 Å². The zero-order valence-corrected chi connectivity index (χ0v) is 19.8. The van der Waals surface area contributed by atoms with Gasteiger partial charge in [-0.3, -0.25) is 9.69 Å². The number of methoxy groups -OCH3 is 1. The first-order valence-electron chi connectivity index (χ1n) is 11.3. The Kier molecular flexibility index (Phi) is 8.81. The Hall–Kier alpha value is -3.65. The van der Waals surface area contributed by atoms with Crippen molar-refractivity contribution in [3.8, 4) is 0 Å². The minimum Gasteiger partial charge on any atom is -0.466 e. The minimum atomic E-state index is -0.691. The lowest BCUT2D eigenvalue weighted by Gasteiger charge is -2.35. The van der Waals surface area contributed by atoms with Crippen LogP contribution in [-0.2, 0) is 25.7 Å². The molecule has 0 spiro atoms. The number of benzene rings is 2. The molecule has 0 aromatic heterocycles. The van der Waals surface area contributed by atoms with E-state index in [1.807, 2.05) is 37.3 Å². The third kappa shape index (κ3) is 6.23. The predicted octanol–water partition coefficient (Wildman–Crippen LogP) is 4.16. The average Bonchev–Trinajstić information content (AvgIpc) is 2.84. The summed E-state index contributed by atoms with van der Waals surface area (Å²) in [5.74, 6) is -0.806. The van der Waals surface area contributed by atoms with Crippen LogP contribution >= 0.6 is 0 Å². The first-order valence-corrected chi connectivity index (χ1v) is 11.3. The van der Waals surface area contributed by atoms with Crippen LogP contribution in [0.2, 0.25) is 0 Å². The number of rotatable bonds is 10. The number of esters is 1. The molecule has 2 aromatic rings. The van der Waals surface area contributed by atoms with Crippen LogP contribution in [0.25, 0.3) is 0 Å². The van der Waals surface area contributed by atoms with Crippen molar-refractivity contribution in [2.75, 3.05) is 25.6 Å². The third-order valence-electron chi connectivity index (χ3n) is 5.59. The number of carbonyl (C=O) groups is 3. The van der Waals surface area contributed by atoms with Crippen molar-refractivity contribution >= 4 is 23.6 Å². The van der Waals surface area contributed by atoms with Crippen LogP contribution in [0, 0.1) is 0 Å². The van der Waals surface area contributed by atoms with Gasteiger partial charge in [0.2, 0.25) is 5.91 Å². The van der Waals surface area contributed by atoms with Crippen LogP contribution in [0.4, 0.5) is 10.5 Å². The van der Waals surface area contributed by atoms with E-state index in [1.165, 1.54) is 7.11 Å². The van der Waals surface area contributed by atoms with Crippen molar-refractivity contribution in [1.29, 1.82) is 0 Å². The zero-order valence-electron chi connectivity index (χ0n) is 19.8. The molecule has 1 unspecified atom stereocenters. The molecule has 8 heteroatoms. The van der Waals surface area contributed by atoms with Gasteiger partial charge in [0.25, 0.3) is 0 Å². The third-order valence-corrected chi connectivity index (χ3v) is 5.59. The van der Waals surface area contributed by atoms with Crippen LogP contribution < -0.4 is 10.6 Å². The van der Waals surface area contributed by atoms with Crippen LogP contribution in [0.5, 0.6) is 0 Å². The minimum absolute atomic E-state index is 0.0991. The molecule has 2 aromatic carbocycles. The second-order valence-corrected chi connectivity index (χ2v) is 8.03. The van der Waals surface area contributed by atoms with Gasteiger partial charge in [0, 0.05) is 17.9 Å². The SMILES string of the molecule is CCCCN1C(=O)NC(c2cccc(NC(=O)COCc3ccccc3)c2)C(C(=O)OC)=C1C. The fraction of sp³-hybridized carbons (Fsp3) is 0.346. The average molecular weight is 466 g/mol. The zero-order chi connectivity index (χ0) is 24.5. The highest BCUT2D eigenvalue weighted by Crippen LogP contribution is 2.32. The highest BCUT2D eigenvalue weighted by atomic mass is 16.5. The normalized spacial score (nSPS) is 15.7.